The first kappa shape index (κ1) is 15.1. The van der Waals surface area contributed by atoms with Crippen molar-refractivity contribution in [2.24, 2.45) is 11.8 Å². The fraction of sp³-hybridized carbons (Fsp3) is 0.857. The van der Waals surface area contributed by atoms with Gasteiger partial charge in [0, 0.05) is 6.61 Å². The van der Waals surface area contributed by atoms with Crippen LogP contribution in [0.2, 0.25) is 0 Å². The van der Waals surface area contributed by atoms with E-state index in [1.807, 2.05) is 13.8 Å². The molecule has 1 heterocycles. The highest BCUT2D eigenvalue weighted by Gasteiger charge is 2.41. The Bertz CT molecular complexity index is 370. The molecule has 4 unspecified atom stereocenters. The molecule has 2 amide bonds. The summed E-state index contributed by atoms with van der Waals surface area (Å²) in [7, 11) is 0. The standard InChI is InChI=1S/C14H24N2O4/c1-3-8(2)11(13(17)18)16-14(19)15-10-6-7-20-12(10)9-4-5-9/h8-12H,3-7H2,1-2H3,(H,17,18)(H2,15,16,19). The van der Waals surface area contributed by atoms with Crippen LogP contribution in [0, 0.1) is 11.8 Å². The Balaban J connectivity index is 1.85. The molecule has 6 nitrogen and oxygen atoms in total. The second-order valence-corrected chi connectivity index (χ2v) is 5.89. The number of carbonyl (C=O) groups excluding carboxylic acids is 1. The normalized spacial score (nSPS) is 28.7. The van der Waals surface area contributed by atoms with Crippen molar-refractivity contribution in [1.82, 2.24) is 10.6 Å². The van der Waals surface area contributed by atoms with Gasteiger partial charge in [-0.15, -0.1) is 0 Å². The maximum absolute atomic E-state index is 12.0. The third-order valence-electron chi connectivity index (χ3n) is 4.30. The van der Waals surface area contributed by atoms with Crippen molar-refractivity contribution in [1.29, 1.82) is 0 Å². The third kappa shape index (κ3) is 3.62. The summed E-state index contributed by atoms with van der Waals surface area (Å²) in [6, 6.07) is -1.24. The van der Waals surface area contributed by atoms with Gasteiger partial charge in [0.05, 0.1) is 12.1 Å². The third-order valence-corrected chi connectivity index (χ3v) is 4.30. The number of aliphatic carboxylic acids is 1. The summed E-state index contributed by atoms with van der Waals surface area (Å²) in [6.07, 6.45) is 3.93. The Morgan fingerprint density at radius 1 is 1.35 bits per heavy atom. The summed E-state index contributed by atoms with van der Waals surface area (Å²) in [6.45, 7) is 4.40. The minimum absolute atomic E-state index is 0.00822. The number of nitrogens with one attached hydrogen (secondary N) is 2. The zero-order valence-electron chi connectivity index (χ0n) is 12.1. The van der Waals surface area contributed by atoms with Crippen LogP contribution in [0.5, 0.6) is 0 Å². The predicted octanol–water partition coefficient (Wildman–Crippen LogP) is 1.35. The Morgan fingerprint density at radius 3 is 2.60 bits per heavy atom. The number of urea groups is 1. The molecular weight excluding hydrogens is 260 g/mol. The number of carbonyl (C=O) groups is 2. The van der Waals surface area contributed by atoms with Gasteiger partial charge in [-0.1, -0.05) is 20.3 Å². The molecule has 6 heteroatoms. The lowest BCUT2D eigenvalue weighted by Gasteiger charge is -2.24. The van der Waals surface area contributed by atoms with Crippen LogP contribution in [0.4, 0.5) is 4.79 Å². The van der Waals surface area contributed by atoms with Gasteiger partial charge in [0.15, 0.2) is 0 Å². The zero-order chi connectivity index (χ0) is 14.7. The molecule has 0 aromatic heterocycles. The maximum Gasteiger partial charge on any atom is 0.326 e. The Hall–Kier alpha value is -1.30. The van der Waals surface area contributed by atoms with Gasteiger partial charge in [-0.05, 0) is 31.1 Å². The molecule has 0 aromatic rings. The van der Waals surface area contributed by atoms with E-state index in [1.54, 1.807) is 0 Å². The molecule has 20 heavy (non-hydrogen) atoms. The monoisotopic (exact) mass is 284 g/mol. The number of amides is 2. The first-order valence-corrected chi connectivity index (χ1v) is 7.44. The molecule has 2 rings (SSSR count). The molecular formula is C14H24N2O4. The van der Waals surface area contributed by atoms with E-state index < -0.39 is 18.0 Å². The largest absolute Gasteiger partial charge is 0.480 e. The first-order valence-electron chi connectivity index (χ1n) is 7.44. The lowest BCUT2D eigenvalue weighted by molar-refractivity contribution is -0.140. The van der Waals surface area contributed by atoms with Gasteiger partial charge in [0.2, 0.25) is 0 Å². The molecule has 3 N–H and O–H groups in total. The van der Waals surface area contributed by atoms with E-state index in [9.17, 15) is 9.59 Å². The minimum atomic E-state index is -0.990. The van der Waals surface area contributed by atoms with Gasteiger partial charge in [-0.2, -0.15) is 0 Å². The summed E-state index contributed by atoms with van der Waals surface area (Å²) < 4.78 is 5.65. The van der Waals surface area contributed by atoms with Gasteiger partial charge in [0.1, 0.15) is 6.04 Å². The zero-order valence-corrected chi connectivity index (χ0v) is 12.1. The number of hydrogen-bond donors (Lipinski definition) is 3. The Labute approximate surface area is 119 Å². The topological polar surface area (TPSA) is 87.7 Å². The molecule has 0 radical (unpaired) electrons. The van der Waals surface area contributed by atoms with Gasteiger partial charge in [-0.3, -0.25) is 0 Å². The lowest BCUT2D eigenvalue weighted by Crippen LogP contribution is -2.53. The molecule has 4 atom stereocenters. The average Bonchev–Trinajstić information content (AvgIpc) is 3.15. The summed E-state index contributed by atoms with van der Waals surface area (Å²) in [5, 5.41) is 14.6. The van der Waals surface area contributed by atoms with E-state index in [2.05, 4.69) is 10.6 Å². The molecule has 2 fully saturated rings. The molecule has 2 aliphatic rings. The fourth-order valence-electron chi connectivity index (χ4n) is 2.69. The average molecular weight is 284 g/mol. The van der Waals surface area contributed by atoms with Crippen LogP contribution in [-0.2, 0) is 9.53 Å². The number of carboxylic acids is 1. The van der Waals surface area contributed by atoms with Crippen LogP contribution in [0.3, 0.4) is 0 Å². The van der Waals surface area contributed by atoms with Crippen LogP contribution >= 0.6 is 0 Å². The van der Waals surface area contributed by atoms with Crippen LogP contribution in [-0.4, -0.2) is 41.9 Å². The van der Waals surface area contributed by atoms with Crippen LogP contribution in [0.15, 0.2) is 0 Å². The van der Waals surface area contributed by atoms with Crippen molar-refractivity contribution in [2.45, 2.75) is 57.7 Å². The van der Waals surface area contributed by atoms with Crippen LogP contribution in [0.25, 0.3) is 0 Å². The fourth-order valence-corrected chi connectivity index (χ4v) is 2.69. The van der Waals surface area contributed by atoms with E-state index in [4.69, 9.17) is 9.84 Å². The minimum Gasteiger partial charge on any atom is -0.480 e. The van der Waals surface area contributed by atoms with Crippen LogP contribution in [0.1, 0.15) is 39.5 Å². The van der Waals surface area contributed by atoms with Gasteiger partial charge in [0.25, 0.3) is 0 Å². The van der Waals surface area contributed by atoms with Gasteiger partial charge < -0.3 is 20.5 Å². The molecule has 0 spiro atoms. The maximum atomic E-state index is 12.0. The van der Waals surface area contributed by atoms with Gasteiger partial charge >= 0.3 is 12.0 Å². The number of ether oxygens (including phenoxy) is 1. The van der Waals surface area contributed by atoms with E-state index >= 15 is 0 Å². The van der Waals surface area contributed by atoms with E-state index in [0.29, 0.717) is 18.9 Å². The Morgan fingerprint density at radius 2 is 2.05 bits per heavy atom. The van der Waals surface area contributed by atoms with Crippen LogP contribution < -0.4 is 10.6 Å². The second kappa shape index (κ2) is 6.43. The highest BCUT2D eigenvalue weighted by molar-refractivity contribution is 5.82. The molecule has 0 aromatic carbocycles. The van der Waals surface area contributed by atoms with Crippen molar-refractivity contribution in [2.75, 3.05) is 6.61 Å². The summed E-state index contributed by atoms with van der Waals surface area (Å²) in [5.74, 6) is -0.527. The highest BCUT2D eigenvalue weighted by atomic mass is 16.5. The van der Waals surface area contributed by atoms with Crippen molar-refractivity contribution >= 4 is 12.0 Å². The quantitative estimate of drug-likeness (QED) is 0.687. The smallest absolute Gasteiger partial charge is 0.326 e. The molecule has 1 saturated carbocycles. The summed E-state index contributed by atoms with van der Waals surface area (Å²) in [4.78, 5) is 23.2. The summed E-state index contributed by atoms with van der Waals surface area (Å²) in [5.41, 5.74) is 0. The van der Waals surface area contributed by atoms with E-state index in [1.165, 1.54) is 0 Å². The van der Waals surface area contributed by atoms with Crippen molar-refractivity contribution in [3.8, 4) is 0 Å². The number of rotatable bonds is 6. The molecule has 0 bridgehead atoms. The van der Waals surface area contributed by atoms with E-state index in [-0.39, 0.29) is 18.1 Å². The second-order valence-electron chi connectivity index (χ2n) is 5.89. The molecule has 1 aliphatic carbocycles. The number of hydrogen-bond acceptors (Lipinski definition) is 3. The Kier molecular flexibility index (Phi) is 4.86. The molecule has 1 aliphatic heterocycles. The first-order chi connectivity index (χ1) is 9.52. The predicted molar refractivity (Wildman–Crippen MR) is 73.4 cm³/mol. The number of carboxylic acid groups (broad SMARTS) is 1. The highest BCUT2D eigenvalue weighted by Crippen LogP contribution is 2.38. The molecule has 114 valence electrons. The SMILES string of the molecule is CCC(C)C(NC(=O)NC1CCOC1C1CC1)C(=O)O. The van der Waals surface area contributed by atoms with Crippen molar-refractivity contribution < 1.29 is 19.4 Å². The van der Waals surface area contributed by atoms with Crippen molar-refractivity contribution in [3.05, 3.63) is 0 Å². The summed E-state index contributed by atoms with van der Waals surface area (Å²) >= 11 is 0. The van der Waals surface area contributed by atoms with Gasteiger partial charge in [-0.25, -0.2) is 9.59 Å². The van der Waals surface area contributed by atoms with Crippen molar-refractivity contribution in [3.63, 3.8) is 0 Å². The molecule has 1 saturated heterocycles. The van der Waals surface area contributed by atoms with E-state index in [0.717, 1.165) is 19.3 Å². The lowest BCUT2D eigenvalue weighted by atomic mass is 9.99.